The lowest BCUT2D eigenvalue weighted by atomic mass is 9.98. The molecule has 0 saturated carbocycles. The Labute approximate surface area is 489 Å². The average molecular weight is 1150 g/mol. The van der Waals surface area contributed by atoms with Gasteiger partial charge in [0.15, 0.2) is 12.6 Å². The first-order chi connectivity index (χ1) is 39.1. The number of aliphatic hydroxyl groups is 7. The Bertz CT molecular complexity index is 1330. The van der Waals surface area contributed by atoms with Gasteiger partial charge in [-0.2, -0.15) is 0 Å². The maximum atomic E-state index is 13.1. The number of unbranched alkanes of at least 4 members (excludes halogenated alkanes) is 44. The summed E-state index contributed by atoms with van der Waals surface area (Å²) in [5, 5.41) is 72.6. The SMILES string of the molecule is CCCCCCCCCCCCCCCCCCCCCCCCCCC(=O)OC(COCCCCCCCCCCCCCCCCCCCCCCCC)COC1OC(COC2OC(CO)C(O)C(O)C2O)C(O)C(O)C1O. The second kappa shape index (κ2) is 53.5. The Hall–Kier alpha value is -1.01. The van der Waals surface area contributed by atoms with Crippen molar-refractivity contribution in [2.75, 3.05) is 33.0 Å². The van der Waals surface area contributed by atoms with E-state index in [2.05, 4.69) is 13.8 Å². The number of carbonyl (C=O) groups is 1. The summed E-state index contributed by atoms with van der Waals surface area (Å²) in [6.45, 7) is 3.79. The fourth-order valence-corrected chi connectivity index (χ4v) is 11.4. The third-order valence-electron chi connectivity index (χ3n) is 16.9. The number of rotatable bonds is 58. The molecule has 476 valence electrons. The molecule has 14 nitrogen and oxygen atoms in total. The van der Waals surface area contributed by atoms with Crippen molar-refractivity contribution in [2.24, 2.45) is 0 Å². The minimum absolute atomic E-state index is 0.0715. The first-order valence-electron chi connectivity index (χ1n) is 34.1. The highest BCUT2D eigenvalue weighted by Gasteiger charge is 2.47. The highest BCUT2D eigenvalue weighted by atomic mass is 16.7. The Kier molecular flexibility index (Phi) is 50.2. The lowest BCUT2D eigenvalue weighted by molar-refractivity contribution is -0.332. The Balaban J connectivity index is 1.64. The van der Waals surface area contributed by atoms with Crippen LogP contribution in [0.15, 0.2) is 0 Å². The molecule has 0 aromatic heterocycles. The van der Waals surface area contributed by atoms with Crippen molar-refractivity contribution in [2.45, 2.75) is 383 Å². The van der Waals surface area contributed by atoms with Gasteiger partial charge in [0.1, 0.15) is 54.9 Å². The summed E-state index contributed by atoms with van der Waals surface area (Å²) in [5.41, 5.74) is 0. The average Bonchev–Trinajstić information content (AvgIpc) is 3.52. The number of carbonyl (C=O) groups excluding carboxylic acids is 1. The molecule has 2 rings (SSSR count). The van der Waals surface area contributed by atoms with Gasteiger partial charge in [0.25, 0.3) is 0 Å². The normalized spacial score (nSPS) is 23.7. The number of aliphatic hydroxyl groups excluding tert-OH is 7. The molecule has 0 radical (unpaired) electrons. The summed E-state index contributed by atoms with van der Waals surface area (Å²) in [4.78, 5) is 13.1. The van der Waals surface area contributed by atoms with Crippen molar-refractivity contribution >= 4 is 5.97 Å². The van der Waals surface area contributed by atoms with Crippen LogP contribution >= 0.6 is 0 Å². The van der Waals surface area contributed by atoms with Crippen LogP contribution in [-0.2, 0) is 33.2 Å². The molecular formula is C66H128O14. The fourth-order valence-electron chi connectivity index (χ4n) is 11.4. The third-order valence-corrected chi connectivity index (χ3v) is 16.9. The summed E-state index contributed by atoms with van der Waals surface area (Å²) in [7, 11) is 0. The van der Waals surface area contributed by atoms with Crippen LogP contribution in [0.3, 0.4) is 0 Å². The van der Waals surface area contributed by atoms with Gasteiger partial charge >= 0.3 is 5.97 Å². The van der Waals surface area contributed by atoms with E-state index in [4.69, 9.17) is 28.4 Å². The zero-order valence-corrected chi connectivity index (χ0v) is 51.6. The predicted molar refractivity (Wildman–Crippen MR) is 321 cm³/mol. The summed E-state index contributed by atoms with van der Waals surface area (Å²) in [6.07, 6.45) is 44.6. The maximum Gasteiger partial charge on any atom is 0.306 e. The van der Waals surface area contributed by atoms with Crippen LogP contribution in [0, 0.1) is 0 Å². The lowest BCUT2D eigenvalue weighted by Gasteiger charge is -2.42. The molecule has 11 unspecified atom stereocenters. The summed E-state index contributed by atoms with van der Waals surface area (Å²) >= 11 is 0. The van der Waals surface area contributed by atoms with Gasteiger partial charge in [0, 0.05) is 13.0 Å². The molecule has 2 saturated heterocycles. The van der Waals surface area contributed by atoms with E-state index in [9.17, 15) is 40.5 Å². The molecule has 11 atom stereocenters. The third kappa shape index (κ3) is 38.8. The fraction of sp³-hybridized carbons (Fsp3) is 0.985. The van der Waals surface area contributed by atoms with Crippen molar-refractivity contribution in [3.8, 4) is 0 Å². The van der Waals surface area contributed by atoms with Gasteiger partial charge in [0.05, 0.1) is 26.4 Å². The van der Waals surface area contributed by atoms with Gasteiger partial charge in [0.2, 0.25) is 0 Å². The molecule has 2 heterocycles. The Morgan fingerprint density at radius 1 is 0.362 bits per heavy atom. The van der Waals surface area contributed by atoms with Crippen LogP contribution in [0.25, 0.3) is 0 Å². The van der Waals surface area contributed by atoms with Crippen LogP contribution in [-0.4, -0.2) is 142 Å². The summed E-state index contributed by atoms with van der Waals surface area (Å²) < 4.78 is 34.6. The summed E-state index contributed by atoms with van der Waals surface area (Å²) in [6, 6.07) is 0. The molecular weight excluding hydrogens is 1020 g/mol. The second-order valence-electron chi connectivity index (χ2n) is 24.4. The van der Waals surface area contributed by atoms with Gasteiger partial charge < -0.3 is 64.2 Å². The van der Waals surface area contributed by atoms with E-state index < -0.39 is 80.7 Å². The van der Waals surface area contributed by atoms with Crippen LogP contribution in [0.2, 0.25) is 0 Å². The largest absolute Gasteiger partial charge is 0.457 e. The summed E-state index contributed by atoms with van der Waals surface area (Å²) in [5.74, 6) is -0.364. The molecule has 2 fully saturated rings. The molecule has 2 aliphatic rings. The second-order valence-corrected chi connectivity index (χ2v) is 24.4. The molecule has 14 heteroatoms. The molecule has 0 spiro atoms. The van der Waals surface area contributed by atoms with E-state index in [1.807, 2.05) is 0 Å². The maximum absolute atomic E-state index is 13.1. The topological polar surface area (TPSA) is 214 Å². The zero-order chi connectivity index (χ0) is 57.9. The van der Waals surface area contributed by atoms with Crippen LogP contribution in [0.4, 0.5) is 0 Å². The Morgan fingerprint density at radius 3 is 1.01 bits per heavy atom. The van der Waals surface area contributed by atoms with Crippen molar-refractivity contribution in [3.05, 3.63) is 0 Å². The van der Waals surface area contributed by atoms with E-state index in [-0.39, 0.29) is 25.6 Å². The number of hydrogen-bond acceptors (Lipinski definition) is 14. The zero-order valence-electron chi connectivity index (χ0n) is 51.6. The molecule has 0 aromatic rings. The number of hydrogen-bond donors (Lipinski definition) is 7. The van der Waals surface area contributed by atoms with Crippen molar-refractivity contribution in [1.82, 2.24) is 0 Å². The van der Waals surface area contributed by atoms with E-state index in [1.54, 1.807) is 0 Å². The van der Waals surface area contributed by atoms with Gasteiger partial charge in [-0.25, -0.2) is 0 Å². The van der Waals surface area contributed by atoms with E-state index in [0.717, 1.165) is 44.9 Å². The smallest absolute Gasteiger partial charge is 0.306 e. The monoisotopic (exact) mass is 1140 g/mol. The molecule has 0 aromatic carbocycles. The van der Waals surface area contributed by atoms with Gasteiger partial charge in [-0.1, -0.05) is 296 Å². The molecule has 2 aliphatic heterocycles. The predicted octanol–water partition coefficient (Wildman–Crippen LogP) is 13.9. The molecule has 0 aliphatic carbocycles. The molecule has 7 N–H and O–H groups in total. The quantitative estimate of drug-likeness (QED) is 0.0223. The molecule has 0 amide bonds. The van der Waals surface area contributed by atoms with Crippen LogP contribution in [0.1, 0.15) is 316 Å². The van der Waals surface area contributed by atoms with Crippen molar-refractivity contribution < 1.29 is 69.0 Å². The number of esters is 1. The van der Waals surface area contributed by atoms with E-state index in [0.29, 0.717) is 6.61 Å². The first kappa shape index (κ1) is 75.1. The lowest BCUT2D eigenvalue weighted by Crippen LogP contribution is -2.61. The molecule has 0 bridgehead atoms. The van der Waals surface area contributed by atoms with Crippen molar-refractivity contribution in [1.29, 1.82) is 0 Å². The van der Waals surface area contributed by atoms with E-state index >= 15 is 0 Å². The number of ether oxygens (including phenoxy) is 6. The van der Waals surface area contributed by atoms with Gasteiger partial charge in [-0.3, -0.25) is 4.79 Å². The highest BCUT2D eigenvalue weighted by molar-refractivity contribution is 5.69. The van der Waals surface area contributed by atoms with E-state index in [1.165, 1.54) is 250 Å². The van der Waals surface area contributed by atoms with Crippen LogP contribution < -0.4 is 0 Å². The Morgan fingerprint density at radius 2 is 0.662 bits per heavy atom. The van der Waals surface area contributed by atoms with Gasteiger partial charge in [-0.05, 0) is 12.8 Å². The standard InChI is InChI=1S/C66H128O14/c1-3-5-7-9-11-13-15-17-19-21-23-25-27-28-29-31-33-35-37-39-41-43-45-47-49-58(68)78-55(52-75-50-48-46-44-42-40-38-36-34-32-30-26-24-22-20-18-16-14-12-10-8-6-4-2)53-76-65-64(74)62(72)60(70)57(80-65)54-77-66-63(73)61(71)59(69)56(51-67)79-66/h55-57,59-67,69-74H,3-54H2,1-2H3. The molecule has 80 heavy (non-hydrogen) atoms. The minimum atomic E-state index is -1.70. The highest BCUT2D eigenvalue weighted by Crippen LogP contribution is 2.27. The minimum Gasteiger partial charge on any atom is -0.457 e. The van der Waals surface area contributed by atoms with Gasteiger partial charge in [-0.15, -0.1) is 0 Å². The van der Waals surface area contributed by atoms with Crippen LogP contribution in [0.5, 0.6) is 0 Å². The van der Waals surface area contributed by atoms with Crippen molar-refractivity contribution in [3.63, 3.8) is 0 Å². The first-order valence-corrected chi connectivity index (χ1v) is 34.1.